The molecule has 3 amide bonds. The van der Waals surface area contributed by atoms with Crippen molar-refractivity contribution in [2.24, 2.45) is 0 Å². The number of imide groups is 1. The van der Waals surface area contributed by atoms with E-state index in [4.69, 9.17) is 0 Å². The molecule has 2 rings (SSSR count). The topological polar surface area (TPSA) is 109 Å². The van der Waals surface area contributed by atoms with Crippen LogP contribution in [-0.4, -0.2) is 37.9 Å². The van der Waals surface area contributed by atoms with Crippen LogP contribution in [0.15, 0.2) is 35.2 Å². The Balaban J connectivity index is 1.88. The summed E-state index contributed by atoms with van der Waals surface area (Å²) < 4.78 is 24.1. The van der Waals surface area contributed by atoms with Gasteiger partial charge in [-0.15, -0.1) is 0 Å². The van der Waals surface area contributed by atoms with Crippen molar-refractivity contribution in [2.45, 2.75) is 30.2 Å². The number of benzene rings is 1. The number of piperidine rings is 1. The fraction of sp³-hybridized carbons (Fsp3) is 0.357. The molecular formula is C14H16N2O5S. The van der Waals surface area contributed by atoms with Crippen LogP contribution in [0.25, 0.3) is 0 Å². The lowest BCUT2D eigenvalue weighted by atomic mass is 10.1. The van der Waals surface area contributed by atoms with Gasteiger partial charge in [0, 0.05) is 12.8 Å². The molecule has 7 nitrogen and oxygen atoms in total. The predicted molar refractivity (Wildman–Crippen MR) is 77.4 cm³/mol. The first-order valence-corrected chi connectivity index (χ1v) is 8.44. The van der Waals surface area contributed by atoms with E-state index in [0.29, 0.717) is 0 Å². The Morgan fingerprint density at radius 2 is 1.91 bits per heavy atom. The second-order valence-corrected chi connectivity index (χ2v) is 7.06. The maximum absolute atomic E-state index is 12.0. The van der Waals surface area contributed by atoms with E-state index in [9.17, 15) is 22.8 Å². The number of amides is 3. The zero-order valence-electron chi connectivity index (χ0n) is 11.7. The minimum Gasteiger partial charge on any atom is -0.344 e. The fourth-order valence-electron chi connectivity index (χ4n) is 2.07. The first-order chi connectivity index (χ1) is 10.4. The van der Waals surface area contributed by atoms with Crippen LogP contribution in [0.2, 0.25) is 0 Å². The zero-order valence-corrected chi connectivity index (χ0v) is 12.6. The van der Waals surface area contributed by atoms with Crippen molar-refractivity contribution in [3.63, 3.8) is 0 Å². The van der Waals surface area contributed by atoms with Crippen molar-refractivity contribution in [1.82, 2.24) is 10.6 Å². The van der Waals surface area contributed by atoms with Crippen LogP contribution >= 0.6 is 0 Å². The summed E-state index contributed by atoms with van der Waals surface area (Å²) in [7, 11) is -3.53. The molecule has 0 spiro atoms. The SMILES string of the molecule is O=C1CCC(NC(=O)CCS(=O)(=O)c2ccccc2)C(=O)N1. The summed E-state index contributed by atoms with van der Waals surface area (Å²) in [6.45, 7) is 0. The van der Waals surface area contributed by atoms with E-state index in [1.165, 1.54) is 12.1 Å². The van der Waals surface area contributed by atoms with Gasteiger partial charge in [0.2, 0.25) is 17.7 Å². The zero-order chi connectivity index (χ0) is 16.2. The molecule has 0 bridgehead atoms. The number of hydrogen-bond acceptors (Lipinski definition) is 5. The number of sulfone groups is 1. The highest BCUT2D eigenvalue weighted by atomic mass is 32.2. The van der Waals surface area contributed by atoms with E-state index >= 15 is 0 Å². The van der Waals surface area contributed by atoms with Crippen LogP contribution in [0.3, 0.4) is 0 Å². The number of nitrogens with one attached hydrogen (secondary N) is 2. The maximum atomic E-state index is 12.0. The van der Waals surface area contributed by atoms with Crippen LogP contribution in [0.4, 0.5) is 0 Å². The molecule has 1 saturated heterocycles. The average Bonchev–Trinajstić information content (AvgIpc) is 2.49. The summed E-state index contributed by atoms with van der Waals surface area (Å²) in [6.07, 6.45) is 0.135. The molecule has 1 atom stereocenters. The fourth-order valence-corrected chi connectivity index (χ4v) is 3.33. The monoisotopic (exact) mass is 324 g/mol. The van der Waals surface area contributed by atoms with Gasteiger partial charge in [-0.1, -0.05) is 18.2 Å². The molecule has 22 heavy (non-hydrogen) atoms. The lowest BCUT2D eigenvalue weighted by Gasteiger charge is -2.21. The van der Waals surface area contributed by atoms with Gasteiger partial charge in [0.25, 0.3) is 0 Å². The maximum Gasteiger partial charge on any atom is 0.249 e. The Bertz CT molecular complexity index is 684. The van der Waals surface area contributed by atoms with Crippen LogP contribution in [-0.2, 0) is 24.2 Å². The third-order valence-corrected chi connectivity index (χ3v) is 5.01. The van der Waals surface area contributed by atoms with E-state index < -0.39 is 27.7 Å². The molecule has 1 unspecified atom stereocenters. The van der Waals surface area contributed by atoms with Crippen LogP contribution in [0, 0.1) is 0 Å². The molecule has 0 aliphatic carbocycles. The Morgan fingerprint density at radius 1 is 1.23 bits per heavy atom. The Labute approximate surface area is 128 Å². The van der Waals surface area contributed by atoms with Crippen LogP contribution in [0.1, 0.15) is 19.3 Å². The van der Waals surface area contributed by atoms with Crippen molar-refractivity contribution in [1.29, 1.82) is 0 Å². The highest BCUT2D eigenvalue weighted by Gasteiger charge is 2.28. The van der Waals surface area contributed by atoms with E-state index in [-0.39, 0.29) is 35.8 Å². The first-order valence-electron chi connectivity index (χ1n) is 6.79. The smallest absolute Gasteiger partial charge is 0.249 e. The molecule has 1 fully saturated rings. The van der Waals surface area contributed by atoms with E-state index in [0.717, 1.165) is 0 Å². The van der Waals surface area contributed by atoms with E-state index in [1.54, 1.807) is 18.2 Å². The Morgan fingerprint density at radius 3 is 2.55 bits per heavy atom. The van der Waals surface area contributed by atoms with Crippen LogP contribution in [0.5, 0.6) is 0 Å². The van der Waals surface area contributed by atoms with Crippen molar-refractivity contribution in [3.8, 4) is 0 Å². The van der Waals surface area contributed by atoms with Gasteiger partial charge in [-0.2, -0.15) is 0 Å². The molecule has 0 saturated carbocycles. The summed E-state index contributed by atoms with van der Waals surface area (Å²) >= 11 is 0. The van der Waals surface area contributed by atoms with E-state index in [2.05, 4.69) is 10.6 Å². The standard InChI is InChI=1S/C14H16N2O5S/c17-12-7-6-11(14(19)16-12)15-13(18)8-9-22(20,21)10-4-2-1-3-5-10/h1-5,11H,6-9H2,(H,15,18)(H,16,17,19). The third kappa shape index (κ3) is 4.14. The summed E-state index contributed by atoms with van der Waals surface area (Å²) in [6, 6.07) is 7.06. The molecule has 1 heterocycles. The molecule has 8 heteroatoms. The first kappa shape index (κ1) is 16.2. The number of hydrogen-bond donors (Lipinski definition) is 2. The van der Waals surface area contributed by atoms with E-state index in [1.807, 2.05) is 0 Å². The van der Waals surface area contributed by atoms with Gasteiger partial charge in [-0.3, -0.25) is 19.7 Å². The molecule has 1 aromatic rings. The summed E-state index contributed by atoms with van der Waals surface area (Å²) in [5.41, 5.74) is 0. The van der Waals surface area contributed by atoms with Crippen molar-refractivity contribution >= 4 is 27.6 Å². The van der Waals surface area contributed by atoms with Crippen molar-refractivity contribution in [3.05, 3.63) is 30.3 Å². The van der Waals surface area contributed by atoms with Gasteiger partial charge in [-0.25, -0.2) is 8.42 Å². The predicted octanol–water partition coefficient (Wildman–Crippen LogP) is -0.228. The second-order valence-electron chi connectivity index (χ2n) is 4.95. The number of rotatable bonds is 5. The van der Waals surface area contributed by atoms with Crippen LogP contribution < -0.4 is 10.6 Å². The molecule has 1 aliphatic rings. The summed E-state index contributed by atoms with van der Waals surface area (Å²) in [5, 5.41) is 4.57. The Kier molecular flexibility index (Phi) is 4.92. The molecule has 1 aromatic carbocycles. The minimum absolute atomic E-state index is 0.152. The van der Waals surface area contributed by atoms with Gasteiger partial charge >= 0.3 is 0 Å². The summed E-state index contributed by atoms with van der Waals surface area (Å²) in [4.78, 5) is 34.4. The van der Waals surface area contributed by atoms with Crippen molar-refractivity contribution in [2.75, 3.05) is 5.75 Å². The molecule has 0 radical (unpaired) electrons. The largest absolute Gasteiger partial charge is 0.344 e. The highest BCUT2D eigenvalue weighted by Crippen LogP contribution is 2.11. The van der Waals surface area contributed by atoms with Gasteiger partial charge < -0.3 is 5.32 Å². The van der Waals surface area contributed by atoms with Gasteiger partial charge in [0.05, 0.1) is 10.6 Å². The second kappa shape index (κ2) is 6.69. The summed E-state index contributed by atoms with van der Waals surface area (Å²) in [5.74, 6) is -1.80. The van der Waals surface area contributed by atoms with Gasteiger partial charge in [-0.05, 0) is 18.6 Å². The third-order valence-electron chi connectivity index (χ3n) is 3.27. The highest BCUT2D eigenvalue weighted by molar-refractivity contribution is 7.91. The normalized spacial score (nSPS) is 18.6. The molecule has 2 N–H and O–H groups in total. The minimum atomic E-state index is -3.53. The average molecular weight is 324 g/mol. The van der Waals surface area contributed by atoms with Crippen molar-refractivity contribution < 1.29 is 22.8 Å². The number of carbonyl (C=O) groups is 3. The molecule has 1 aliphatic heterocycles. The molecule has 118 valence electrons. The molecule has 0 aromatic heterocycles. The quantitative estimate of drug-likeness (QED) is 0.727. The number of carbonyl (C=O) groups excluding carboxylic acids is 3. The lowest BCUT2D eigenvalue weighted by Crippen LogP contribution is -2.52. The van der Waals surface area contributed by atoms with Gasteiger partial charge in [0.1, 0.15) is 6.04 Å². The van der Waals surface area contributed by atoms with Gasteiger partial charge in [0.15, 0.2) is 9.84 Å². The Hall–Kier alpha value is -2.22. The molecular weight excluding hydrogens is 308 g/mol. The lowest BCUT2D eigenvalue weighted by molar-refractivity contribution is -0.137.